The van der Waals surface area contributed by atoms with Crippen molar-refractivity contribution in [1.29, 1.82) is 0 Å². The number of hydrogen-bond acceptors (Lipinski definition) is 5. The van der Waals surface area contributed by atoms with E-state index in [2.05, 4.69) is 10.3 Å². The van der Waals surface area contributed by atoms with Crippen molar-refractivity contribution in [2.24, 2.45) is 17.0 Å². The number of nitrogens with two attached hydrogens (primary N) is 2. The first kappa shape index (κ1) is 14.0. The number of hydrazine groups is 1. The van der Waals surface area contributed by atoms with E-state index in [4.69, 9.17) is 11.6 Å². The quantitative estimate of drug-likeness (QED) is 0.412. The summed E-state index contributed by atoms with van der Waals surface area (Å²) in [6.07, 6.45) is 0.782. The SMILES string of the molecule is CC1(C(N)=O)CCN(Cc2ccc(C(=O)NN)s2)C1. The molecular weight excluding hydrogens is 264 g/mol. The van der Waals surface area contributed by atoms with Gasteiger partial charge in [-0.15, -0.1) is 11.3 Å². The van der Waals surface area contributed by atoms with Gasteiger partial charge in [-0.3, -0.25) is 19.9 Å². The Kier molecular flexibility index (Phi) is 3.88. The minimum Gasteiger partial charge on any atom is -0.369 e. The molecule has 1 atom stereocenters. The Morgan fingerprint density at radius 3 is 2.84 bits per heavy atom. The molecule has 1 aromatic rings. The molecule has 1 aliphatic rings. The van der Waals surface area contributed by atoms with E-state index in [1.807, 2.05) is 13.0 Å². The highest BCUT2D eigenvalue weighted by Gasteiger charge is 2.38. The predicted octanol–water partition coefficient (Wildman–Crippen LogP) is 0.0489. The van der Waals surface area contributed by atoms with Gasteiger partial charge >= 0.3 is 0 Å². The molecule has 0 bridgehead atoms. The van der Waals surface area contributed by atoms with Crippen molar-refractivity contribution >= 4 is 23.2 Å². The van der Waals surface area contributed by atoms with Crippen LogP contribution in [-0.2, 0) is 11.3 Å². The van der Waals surface area contributed by atoms with Crippen LogP contribution in [0.1, 0.15) is 27.9 Å². The highest BCUT2D eigenvalue weighted by molar-refractivity contribution is 7.14. The van der Waals surface area contributed by atoms with Crippen LogP contribution in [-0.4, -0.2) is 29.8 Å². The highest BCUT2D eigenvalue weighted by Crippen LogP contribution is 2.31. The number of primary amides is 1. The number of nitrogen functional groups attached to an aromatic ring is 1. The molecule has 1 aromatic heterocycles. The Bertz CT molecular complexity index is 502. The van der Waals surface area contributed by atoms with Crippen molar-refractivity contribution in [3.63, 3.8) is 0 Å². The van der Waals surface area contributed by atoms with Crippen LogP contribution < -0.4 is 17.0 Å². The Labute approximate surface area is 115 Å². The van der Waals surface area contributed by atoms with Crippen LogP contribution in [0.25, 0.3) is 0 Å². The van der Waals surface area contributed by atoms with Crippen molar-refractivity contribution in [1.82, 2.24) is 10.3 Å². The molecule has 104 valence electrons. The van der Waals surface area contributed by atoms with Crippen LogP contribution >= 0.6 is 11.3 Å². The summed E-state index contributed by atoms with van der Waals surface area (Å²) in [5, 5.41) is 0. The Morgan fingerprint density at radius 2 is 2.26 bits per heavy atom. The van der Waals surface area contributed by atoms with Crippen molar-refractivity contribution in [3.05, 3.63) is 21.9 Å². The number of carbonyl (C=O) groups is 2. The van der Waals surface area contributed by atoms with E-state index in [9.17, 15) is 9.59 Å². The average Bonchev–Trinajstić information content (AvgIpc) is 2.97. The lowest BCUT2D eigenvalue weighted by Gasteiger charge is -2.20. The summed E-state index contributed by atoms with van der Waals surface area (Å²) >= 11 is 1.41. The Morgan fingerprint density at radius 1 is 1.53 bits per heavy atom. The fourth-order valence-corrected chi connectivity index (χ4v) is 3.22. The molecule has 0 radical (unpaired) electrons. The van der Waals surface area contributed by atoms with Crippen LogP contribution in [0.15, 0.2) is 12.1 Å². The molecule has 19 heavy (non-hydrogen) atoms. The molecule has 2 heterocycles. The van der Waals surface area contributed by atoms with E-state index < -0.39 is 5.41 Å². The number of nitrogens with one attached hydrogen (secondary N) is 1. The van der Waals surface area contributed by atoms with Gasteiger partial charge in [0.2, 0.25) is 5.91 Å². The third-order valence-corrected chi connectivity index (χ3v) is 4.61. The zero-order valence-corrected chi connectivity index (χ0v) is 11.6. The monoisotopic (exact) mass is 282 g/mol. The van der Waals surface area contributed by atoms with Crippen LogP contribution in [0.4, 0.5) is 0 Å². The molecule has 0 aromatic carbocycles. The summed E-state index contributed by atoms with van der Waals surface area (Å²) in [4.78, 5) is 26.6. The highest BCUT2D eigenvalue weighted by atomic mass is 32.1. The minimum absolute atomic E-state index is 0.246. The number of thiophene rings is 1. The number of nitrogens with zero attached hydrogens (tertiary/aromatic N) is 1. The van der Waals surface area contributed by atoms with E-state index in [-0.39, 0.29) is 11.8 Å². The fourth-order valence-electron chi connectivity index (χ4n) is 2.27. The summed E-state index contributed by atoms with van der Waals surface area (Å²) in [6, 6.07) is 3.67. The molecule has 1 unspecified atom stereocenters. The van der Waals surface area contributed by atoms with Gasteiger partial charge in [-0.25, -0.2) is 5.84 Å². The first-order valence-corrected chi connectivity index (χ1v) is 6.88. The predicted molar refractivity (Wildman–Crippen MR) is 73.2 cm³/mol. The van der Waals surface area contributed by atoms with E-state index >= 15 is 0 Å². The molecule has 1 fully saturated rings. The van der Waals surface area contributed by atoms with Gasteiger partial charge in [0.05, 0.1) is 10.3 Å². The maximum Gasteiger partial charge on any atom is 0.275 e. The standard InChI is InChI=1S/C12H18N4O2S/c1-12(11(13)18)4-5-16(7-12)6-8-2-3-9(19-8)10(17)15-14/h2-3H,4-7,14H2,1H3,(H2,13,18)(H,15,17). The van der Waals surface area contributed by atoms with Crippen LogP contribution in [0, 0.1) is 5.41 Å². The molecule has 1 saturated heterocycles. The Hall–Kier alpha value is -1.44. The molecule has 2 rings (SSSR count). The summed E-state index contributed by atoms with van der Waals surface area (Å²) < 4.78 is 0. The van der Waals surface area contributed by atoms with Gasteiger partial charge in [-0.2, -0.15) is 0 Å². The van der Waals surface area contributed by atoms with Gasteiger partial charge < -0.3 is 5.73 Å². The number of rotatable bonds is 4. The van der Waals surface area contributed by atoms with Gasteiger partial charge in [0.1, 0.15) is 0 Å². The molecule has 5 N–H and O–H groups in total. The number of carbonyl (C=O) groups excluding carboxylic acids is 2. The summed E-state index contributed by atoms with van der Waals surface area (Å²) in [6.45, 7) is 4.14. The fraction of sp³-hybridized carbons (Fsp3) is 0.500. The van der Waals surface area contributed by atoms with Crippen molar-refractivity contribution in [2.45, 2.75) is 19.9 Å². The average molecular weight is 282 g/mol. The third-order valence-electron chi connectivity index (χ3n) is 3.54. The molecular formula is C12H18N4O2S. The molecule has 1 aliphatic heterocycles. The molecule has 6 nitrogen and oxygen atoms in total. The number of likely N-dealkylation sites (tertiary alicyclic amines) is 1. The summed E-state index contributed by atoms with van der Waals surface area (Å²) in [5.41, 5.74) is 7.10. The van der Waals surface area contributed by atoms with Crippen molar-refractivity contribution in [3.8, 4) is 0 Å². The van der Waals surface area contributed by atoms with Gasteiger partial charge in [-0.05, 0) is 32.0 Å². The molecule has 0 aliphatic carbocycles. The van der Waals surface area contributed by atoms with Gasteiger partial charge in [-0.1, -0.05) is 0 Å². The topological polar surface area (TPSA) is 101 Å². The lowest BCUT2D eigenvalue weighted by atomic mass is 9.89. The summed E-state index contributed by atoms with van der Waals surface area (Å²) in [5.74, 6) is 4.57. The maximum atomic E-state index is 11.4. The van der Waals surface area contributed by atoms with Gasteiger partial charge in [0.25, 0.3) is 5.91 Å². The third kappa shape index (κ3) is 2.94. The number of amides is 2. The Balaban J connectivity index is 1.98. The molecule has 0 saturated carbocycles. The van der Waals surface area contributed by atoms with Crippen LogP contribution in [0.3, 0.4) is 0 Å². The second-order valence-electron chi connectivity index (χ2n) is 5.12. The smallest absolute Gasteiger partial charge is 0.275 e. The van der Waals surface area contributed by atoms with Crippen molar-refractivity contribution in [2.75, 3.05) is 13.1 Å². The van der Waals surface area contributed by atoms with Crippen molar-refractivity contribution < 1.29 is 9.59 Å². The van der Waals surface area contributed by atoms with Gasteiger partial charge in [0, 0.05) is 18.0 Å². The zero-order chi connectivity index (χ0) is 14.0. The lowest BCUT2D eigenvalue weighted by Crippen LogP contribution is -2.36. The molecule has 0 spiro atoms. The van der Waals surface area contributed by atoms with Crippen LogP contribution in [0.5, 0.6) is 0 Å². The number of hydrogen-bond donors (Lipinski definition) is 3. The van der Waals surface area contributed by atoms with Crippen LogP contribution in [0.2, 0.25) is 0 Å². The first-order valence-electron chi connectivity index (χ1n) is 6.06. The second-order valence-corrected chi connectivity index (χ2v) is 6.29. The molecule has 2 amide bonds. The maximum absolute atomic E-state index is 11.4. The summed E-state index contributed by atoms with van der Waals surface area (Å²) in [7, 11) is 0. The van der Waals surface area contributed by atoms with E-state index in [1.165, 1.54) is 11.3 Å². The normalized spacial score (nSPS) is 23.5. The zero-order valence-electron chi connectivity index (χ0n) is 10.8. The van der Waals surface area contributed by atoms with E-state index in [1.54, 1.807) is 6.07 Å². The first-order chi connectivity index (χ1) is 8.94. The van der Waals surface area contributed by atoms with Gasteiger partial charge in [0.15, 0.2) is 0 Å². The largest absolute Gasteiger partial charge is 0.369 e. The second kappa shape index (κ2) is 5.28. The molecule has 7 heteroatoms. The minimum atomic E-state index is -0.436. The van der Waals surface area contributed by atoms with E-state index in [0.29, 0.717) is 11.4 Å². The van der Waals surface area contributed by atoms with E-state index in [0.717, 1.165) is 24.4 Å². The lowest BCUT2D eigenvalue weighted by molar-refractivity contribution is -0.126.